The third-order valence-electron chi connectivity index (χ3n) is 5.35. The summed E-state index contributed by atoms with van der Waals surface area (Å²) < 4.78 is 13.5. The first-order valence-electron chi connectivity index (χ1n) is 10.5. The van der Waals surface area contributed by atoms with Gasteiger partial charge in [0.2, 0.25) is 0 Å². The summed E-state index contributed by atoms with van der Waals surface area (Å²) in [4.78, 5) is 28.9. The van der Waals surface area contributed by atoms with Crippen LogP contribution in [0, 0.1) is 11.3 Å². The van der Waals surface area contributed by atoms with Gasteiger partial charge in [0, 0.05) is 24.5 Å². The van der Waals surface area contributed by atoms with Gasteiger partial charge in [-0.2, -0.15) is 0 Å². The Morgan fingerprint density at radius 3 is 2.71 bits per heavy atom. The van der Waals surface area contributed by atoms with Gasteiger partial charge in [-0.05, 0) is 65.1 Å². The summed E-state index contributed by atoms with van der Waals surface area (Å²) in [6, 6.07) is 3.26. The number of halogens is 2. The molecule has 1 aliphatic carbocycles. The third-order valence-corrected chi connectivity index (χ3v) is 6.31. The van der Waals surface area contributed by atoms with Gasteiger partial charge >= 0.3 is 5.97 Å². The fraction of sp³-hybridized carbons (Fsp3) is 0.522. The second-order valence-corrected chi connectivity index (χ2v) is 10.1. The van der Waals surface area contributed by atoms with E-state index in [-0.39, 0.29) is 29.1 Å². The summed E-state index contributed by atoms with van der Waals surface area (Å²) in [5, 5.41) is 0.330. The van der Waals surface area contributed by atoms with Crippen LogP contribution in [0.25, 0.3) is 0 Å². The first kappa shape index (κ1) is 23.8. The van der Waals surface area contributed by atoms with Crippen LogP contribution >= 0.6 is 27.5 Å². The van der Waals surface area contributed by atoms with Crippen molar-refractivity contribution in [1.82, 2.24) is 9.55 Å². The van der Waals surface area contributed by atoms with Crippen LogP contribution in [0.1, 0.15) is 62.5 Å². The standard InChI is InChI=1S/C23H28BrClN2O4/c1-5-30-22(29)16-12-27(9-8-17(16)28)19(23(2,3)4)11-15-10-18(21(25)26-20(15)24)31-13-14-6-7-14/h8-10,12,14,19H,5-7,11,13H2,1-4H3. The van der Waals surface area contributed by atoms with Gasteiger partial charge in [0.15, 0.2) is 16.3 Å². The number of esters is 1. The number of aromatic nitrogens is 2. The molecule has 6 nitrogen and oxygen atoms in total. The molecule has 2 heterocycles. The smallest absolute Gasteiger partial charge is 0.343 e. The summed E-state index contributed by atoms with van der Waals surface area (Å²) in [6.45, 7) is 8.91. The fourth-order valence-corrected chi connectivity index (χ4v) is 4.10. The Morgan fingerprint density at radius 2 is 2.10 bits per heavy atom. The Balaban J connectivity index is 1.94. The van der Waals surface area contributed by atoms with Gasteiger partial charge < -0.3 is 14.0 Å². The molecule has 0 N–H and O–H groups in total. The molecule has 1 atom stereocenters. The Hall–Kier alpha value is -1.86. The topological polar surface area (TPSA) is 70.4 Å². The van der Waals surface area contributed by atoms with Crippen LogP contribution in [-0.2, 0) is 11.2 Å². The highest BCUT2D eigenvalue weighted by Gasteiger charge is 2.29. The number of carbonyl (C=O) groups excluding carboxylic acids is 1. The van der Waals surface area contributed by atoms with Crippen LogP contribution in [0.4, 0.5) is 0 Å². The minimum atomic E-state index is -0.611. The van der Waals surface area contributed by atoms with E-state index in [1.807, 2.05) is 10.6 Å². The molecule has 2 aromatic rings. The molecule has 0 aliphatic heterocycles. The largest absolute Gasteiger partial charge is 0.490 e. The number of rotatable bonds is 8. The van der Waals surface area contributed by atoms with Crippen LogP contribution in [-0.4, -0.2) is 28.7 Å². The lowest BCUT2D eigenvalue weighted by atomic mass is 9.83. The molecule has 1 aliphatic rings. The van der Waals surface area contributed by atoms with E-state index in [2.05, 4.69) is 41.7 Å². The number of hydrogen-bond donors (Lipinski definition) is 0. The monoisotopic (exact) mass is 510 g/mol. The molecule has 31 heavy (non-hydrogen) atoms. The maximum absolute atomic E-state index is 12.2. The number of nitrogens with zero attached hydrogens (tertiary/aromatic N) is 2. The van der Waals surface area contributed by atoms with Gasteiger partial charge in [-0.1, -0.05) is 32.4 Å². The van der Waals surface area contributed by atoms with E-state index in [1.54, 1.807) is 19.3 Å². The normalized spacial score (nSPS) is 14.9. The van der Waals surface area contributed by atoms with Crippen molar-refractivity contribution in [2.45, 2.75) is 53.0 Å². The molecule has 0 radical (unpaired) electrons. The van der Waals surface area contributed by atoms with Crippen molar-refractivity contribution in [2.75, 3.05) is 13.2 Å². The summed E-state index contributed by atoms with van der Waals surface area (Å²) >= 11 is 9.82. The zero-order chi connectivity index (χ0) is 22.8. The van der Waals surface area contributed by atoms with Crippen molar-refractivity contribution >= 4 is 33.5 Å². The Labute approximate surface area is 196 Å². The van der Waals surface area contributed by atoms with Gasteiger partial charge in [-0.15, -0.1) is 0 Å². The van der Waals surface area contributed by atoms with Crippen LogP contribution in [0.2, 0.25) is 5.15 Å². The highest BCUT2D eigenvalue weighted by Crippen LogP contribution is 2.38. The lowest BCUT2D eigenvalue weighted by molar-refractivity contribution is 0.0523. The summed E-state index contributed by atoms with van der Waals surface area (Å²) in [7, 11) is 0. The van der Waals surface area contributed by atoms with Crippen molar-refractivity contribution in [3.05, 3.63) is 55.6 Å². The SMILES string of the molecule is CCOC(=O)c1cn(C(Cc2cc(OCC3CC3)c(Cl)nc2Br)C(C)(C)C)ccc1=O. The van der Waals surface area contributed by atoms with Gasteiger partial charge in [-0.25, -0.2) is 9.78 Å². The molecule has 0 spiro atoms. The molecule has 1 fully saturated rings. The fourth-order valence-electron chi connectivity index (χ4n) is 3.35. The Morgan fingerprint density at radius 1 is 1.39 bits per heavy atom. The van der Waals surface area contributed by atoms with Crippen molar-refractivity contribution in [1.29, 1.82) is 0 Å². The zero-order valence-corrected chi connectivity index (χ0v) is 20.6. The minimum Gasteiger partial charge on any atom is -0.490 e. The first-order valence-corrected chi connectivity index (χ1v) is 11.6. The maximum atomic E-state index is 12.2. The van der Waals surface area contributed by atoms with E-state index < -0.39 is 5.97 Å². The van der Waals surface area contributed by atoms with E-state index in [1.165, 1.54) is 18.9 Å². The molecule has 0 amide bonds. The van der Waals surface area contributed by atoms with Gasteiger partial charge in [0.05, 0.1) is 13.2 Å². The average Bonchev–Trinajstić information content (AvgIpc) is 3.51. The molecular formula is C23H28BrClN2O4. The molecule has 1 unspecified atom stereocenters. The van der Waals surface area contributed by atoms with Crippen molar-refractivity contribution in [3.8, 4) is 5.75 Å². The Kier molecular flexibility index (Phi) is 7.47. The molecule has 3 rings (SSSR count). The first-order chi connectivity index (χ1) is 14.6. The number of carbonyl (C=O) groups is 1. The molecule has 168 valence electrons. The number of ether oxygens (including phenoxy) is 2. The van der Waals surface area contributed by atoms with Crippen LogP contribution < -0.4 is 10.2 Å². The van der Waals surface area contributed by atoms with E-state index in [0.717, 1.165) is 5.56 Å². The molecule has 2 aromatic heterocycles. The molecular weight excluding hydrogens is 484 g/mol. The van der Waals surface area contributed by atoms with Crippen LogP contribution in [0.5, 0.6) is 5.75 Å². The minimum absolute atomic E-state index is 0.0281. The van der Waals surface area contributed by atoms with Crippen LogP contribution in [0.3, 0.4) is 0 Å². The molecule has 0 aromatic carbocycles. The van der Waals surface area contributed by atoms with Gasteiger partial charge in [-0.3, -0.25) is 4.79 Å². The lowest BCUT2D eigenvalue weighted by Crippen LogP contribution is -2.29. The van der Waals surface area contributed by atoms with E-state index >= 15 is 0 Å². The number of pyridine rings is 2. The summed E-state index contributed by atoms with van der Waals surface area (Å²) in [6.07, 6.45) is 6.27. The predicted molar refractivity (Wildman–Crippen MR) is 124 cm³/mol. The van der Waals surface area contributed by atoms with E-state index in [0.29, 0.717) is 34.5 Å². The summed E-state index contributed by atoms with van der Waals surface area (Å²) in [5.41, 5.74) is 0.425. The van der Waals surface area contributed by atoms with Crippen molar-refractivity contribution in [3.63, 3.8) is 0 Å². The van der Waals surface area contributed by atoms with Gasteiger partial charge in [0.1, 0.15) is 10.2 Å². The second-order valence-electron chi connectivity index (χ2n) is 8.96. The highest BCUT2D eigenvalue weighted by molar-refractivity contribution is 9.10. The van der Waals surface area contributed by atoms with E-state index in [4.69, 9.17) is 21.1 Å². The maximum Gasteiger partial charge on any atom is 0.343 e. The molecule has 0 bridgehead atoms. The van der Waals surface area contributed by atoms with E-state index in [9.17, 15) is 9.59 Å². The van der Waals surface area contributed by atoms with Gasteiger partial charge in [0.25, 0.3) is 0 Å². The highest BCUT2D eigenvalue weighted by atomic mass is 79.9. The quantitative estimate of drug-likeness (QED) is 0.348. The summed E-state index contributed by atoms with van der Waals surface area (Å²) in [5.74, 6) is 0.569. The van der Waals surface area contributed by atoms with Crippen molar-refractivity contribution < 1.29 is 14.3 Å². The third kappa shape index (κ3) is 6.10. The Bertz CT molecular complexity index is 1010. The second kappa shape index (κ2) is 9.74. The zero-order valence-electron chi connectivity index (χ0n) is 18.3. The molecule has 1 saturated carbocycles. The lowest BCUT2D eigenvalue weighted by Gasteiger charge is -2.33. The van der Waals surface area contributed by atoms with Crippen LogP contribution in [0.15, 0.2) is 33.9 Å². The number of hydrogen-bond acceptors (Lipinski definition) is 5. The molecule has 8 heteroatoms. The molecule has 0 saturated heterocycles. The predicted octanol–water partition coefficient (Wildman–Crippen LogP) is 5.45. The average molecular weight is 512 g/mol. The van der Waals surface area contributed by atoms with Crippen molar-refractivity contribution in [2.24, 2.45) is 11.3 Å².